The average Bonchev–Trinajstić information content (AvgIpc) is 2.51. The normalized spacial score (nSPS) is 12.7. The topological polar surface area (TPSA) is 89.3 Å². The fraction of sp³-hybridized carbons (Fsp3) is 0.500. The van der Waals surface area contributed by atoms with Crippen LogP contribution < -0.4 is 0 Å². The molecule has 0 radical (unpaired) electrons. The Labute approximate surface area is 87.5 Å². The zero-order chi connectivity index (χ0) is 11.9. The van der Waals surface area contributed by atoms with Gasteiger partial charge in [-0.05, 0) is 13.8 Å². The van der Waals surface area contributed by atoms with E-state index < -0.39 is 20.6 Å². The van der Waals surface area contributed by atoms with Gasteiger partial charge >= 0.3 is 5.97 Å². The van der Waals surface area contributed by atoms with E-state index in [0.29, 0.717) is 0 Å². The average molecular weight is 232 g/mol. The van der Waals surface area contributed by atoms with Crippen LogP contribution in [0.2, 0.25) is 0 Å². The molecule has 6 nitrogen and oxygen atoms in total. The molecule has 1 aromatic heterocycles. The third-order valence-corrected chi connectivity index (χ3v) is 4.60. The largest absolute Gasteiger partial charge is 0.480 e. The van der Waals surface area contributed by atoms with Gasteiger partial charge in [0.25, 0.3) is 0 Å². The predicted molar refractivity (Wildman–Crippen MR) is 52.1 cm³/mol. The zero-order valence-corrected chi connectivity index (χ0v) is 9.45. The SMILES string of the molecule is Cn1ccnc1S(=O)(=O)C(C)(C)C(=O)O. The van der Waals surface area contributed by atoms with Crippen molar-refractivity contribution in [3.05, 3.63) is 12.4 Å². The van der Waals surface area contributed by atoms with Crippen molar-refractivity contribution in [1.29, 1.82) is 0 Å². The number of sulfone groups is 1. The van der Waals surface area contributed by atoms with Crippen molar-refractivity contribution in [2.45, 2.75) is 23.8 Å². The van der Waals surface area contributed by atoms with Gasteiger partial charge in [0.1, 0.15) is 0 Å². The van der Waals surface area contributed by atoms with Gasteiger partial charge in [0.15, 0.2) is 4.75 Å². The van der Waals surface area contributed by atoms with Gasteiger partial charge in [-0.2, -0.15) is 0 Å². The van der Waals surface area contributed by atoms with Gasteiger partial charge < -0.3 is 9.67 Å². The number of hydrogen-bond donors (Lipinski definition) is 1. The Morgan fingerprint density at radius 2 is 2.07 bits per heavy atom. The summed E-state index contributed by atoms with van der Waals surface area (Å²) in [6, 6.07) is 0. The quantitative estimate of drug-likeness (QED) is 0.795. The van der Waals surface area contributed by atoms with E-state index in [0.717, 1.165) is 13.8 Å². The van der Waals surface area contributed by atoms with E-state index in [-0.39, 0.29) is 5.16 Å². The van der Waals surface area contributed by atoms with Crippen molar-refractivity contribution in [3.63, 3.8) is 0 Å². The Morgan fingerprint density at radius 1 is 1.53 bits per heavy atom. The Balaban J connectivity index is 3.39. The summed E-state index contributed by atoms with van der Waals surface area (Å²) in [5, 5.41) is 8.61. The maximum Gasteiger partial charge on any atom is 0.324 e. The number of aliphatic carboxylic acids is 1. The molecule has 1 N–H and O–H groups in total. The molecule has 1 aromatic rings. The third-order valence-electron chi connectivity index (χ3n) is 2.20. The van der Waals surface area contributed by atoms with E-state index in [1.165, 1.54) is 24.0 Å². The number of carboxylic acids is 1. The van der Waals surface area contributed by atoms with E-state index in [2.05, 4.69) is 4.98 Å². The van der Waals surface area contributed by atoms with Gasteiger partial charge in [-0.3, -0.25) is 4.79 Å². The summed E-state index contributed by atoms with van der Waals surface area (Å²) in [5.41, 5.74) is 0. The van der Waals surface area contributed by atoms with E-state index >= 15 is 0 Å². The predicted octanol–water partition coefficient (Wildman–Crippen LogP) is 0.0570. The van der Waals surface area contributed by atoms with Crippen molar-refractivity contribution in [2.75, 3.05) is 0 Å². The molecule has 7 heteroatoms. The minimum atomic E-state index is -3.97. The summed E-state index contributed by atoms with van der Waals surface area (Å²) in [4.78, 5) is 14.5. The molecule has 0 saturated heterocycles. The molecule has 0 atom stereocenters. The lowest BCUT2D eigenvalue weighted by Crippen LogP contribution is -2.41. The first-order valence-corrected chi connectivity index (χ1v) is 5.65. The maximum absolute atomic E-state index is 11.9. The van der Waals surface area contributed by atoms with Crippen LogP contribution in [0.1, 0.15) is 13.8 Å². The first-order valence-electron chi connectivity index (χ1n) is 4.16. The number of carbonyl (C=O) groups is 1. The van der Waals surface area contributed by atoms with Crippen molar-refractivity contribution in [3.8, 4) is 0 Å². The number of aromatic nitrogens is 2. The maximum atomic E-state index is 11.9. The third kappa shape index (κ3) is 1.63. The van der Waals surface area contributed by atoms with Gasteiger partial charge in [-0.1, -0.05) is 0 Å². The Hall–Kier alpha value is -1.37. The molecule has 0 saturated carbocycles. The van der Waals surface area contributed by atoms with Crippen LogP contribution in [-0.2, 0) is 21.7 Å². The first kappa shape index (κ1) is 11.7. The molecular weight excluding hydrogens is 220 g/mol. The van der Waals surface area contributed by atoms with Crippen LogP contribution in [0, 0.1) is 0 Å². The Bertz CT molecular complexity index is 486. The molecule has 0 bridgehead atoms. The minimum Gasteiger partial charge on any atom is -0.480 e. The smallest absolute Gasteiger partial charge is 0.324 e. The molecule has 0 fully saturated rings. The molecule has 84 valence electrons. The molecule has 15 heavy (non-hydrogen) atoms. The highest BCUT2D eigenvalue weighted by atomic mass is 32.2. The number of rotatable bonds is 3. The second-order valence-electron chi connectivity index (χ2n) is 3.64. The Morgan fingerprint density at radius 3 is 2.40 bits per heavy atom. The van der Waals surface area contributed by atoms with Gasteiger partial charge in [-0.15, -0.1) is 0 Å². The fourth-order valence-corrected chi connectivity index (χ4v) is 2.28. The van der Waals surface area contributed by atoms with Crippen LogP contribution in [0.15, 0.2) is 17.6 Å². The summed E-state index contributed by atoms with van der Waals surface area (Å²) in [6.45, 7) is 2.28. The van der Waals surface area contributed by atoms with Crippen LogP contribution in [-0.4, -0.2) is 33.8 Å². The van der Waals surface area contributed by atoms with Crippen LogP contribution in [0.4, 0.5) is 0 Å². The van der Waals surface area contributed by atoms with Gasteiger partial charge in [0.05, 0.1) is 0 Å². The fourth-order valence-electron chi connectivity index (χ4n) is 0.954. The molecule has 0 aliphatic carbocycles. The van der Waals surface area contributed by atoms with Crippen LogP contribution >= 0.6 is 0 Å². The lowest BCUT2D eigenvalue weighted by molar-refractivity contribution is -0.139. The molecule has 1 heterocycles. The lowest BCUT2D eigenvalue weighted by Gasteiger charge is -2.18. The Kier molecular flexibility index (Phi) is 2.60. The molecule has 0 aromatic carbocycles. The standard InChI is InChI=1S/C8H12N2O4S/c1-8(2,6(11)12)15(13,14)7-9-4-5-10(7)3/h4-5H,1-3H3,(H,11,12). The van der Waals surface area contributed by atoms with Crippen LogP contribution in [0.25, 0.3) is 0 Å². The number of aryl methyl sites for hydroxylation is 1. The van der Waals surface area contributed by atoms with E-state index in [4.69, 9.17) is 5.11 Å². The van der Waals surface area contributed by atoms with Gasteiger partial charge in [-0.25, -0.2) is 13.4 Å². The molecular formula is C8H12N2O4S. The summed E-state index contributed by atoms with van der Waals surface area (Å²) in [6.07, 6.45) is 2.76. The monoisotopic (exact) mass is 232 g/mol. The highest BCUT2D eigenvalue weighted by molar-refractivity contribution is 7.93. The molecule has 0 amide bonds. The van der Waals surface area contributed by atoms with E-state index in [9.17, 15) is 13.2 Å². The van der Waals surface area contributed by atoms with E-state index in [1.807, 2.05) is 0 Å². The van der Waals surface area contributed by atoms with Crippen molar-refractivity contribution >= 4 is 15.8 Å². The first-order chi connectivity index (χ1) is 6.71. The molecule has 1 rings (SSSR count). The second-order valence-corrected chi connectivity index (χ2v) is 6.03. The summed E-state index contributed by atoms with van der Waals surface area (Å²) in [7, 11) is -2.47. The van der Waals surface area contributed by atoms with Crippen molar-refractivity contribution in [2.24, 2.45) is 7.05 Å². The summed E-state index contributed by atoms with van der Waals surface area (Å²) >= 11 is 0. The molecule has 0 spiro atoms. The van der Waals surface area contributed by atoms with Gasteiger partial charge in [0.2, 0.25) is 15.0 Å². The number of carboxylic acid groups (broad SMARTS) is 1. The summed E-state index contributed by atoms with van der Waals surface area (Å²) < 4.78 is 23.2. The number of hydrogen-bond acceptors (Lipinski definition) is 4. The second kappa shape index (κ2) is 3.34. The zero-order valence-electron chi connectivity index (χ0n) is 8.63. The summed E-state index contributed by atoms with van der Waals surface area (Å²) in [5.74, 6) is -1.40. The molecule has 0 aliphatic heterocycles. The lowest BCUT2D eigenvalue weighted by atomic mass is 10.2. The highest BCUT2D eigenvalue weighted by Crippen LogP contribution is 2.23. The van der Waals surface area contributed by atoms with Crippen LogP contribution in [0.5, 0.6) is 0 Å². The highest BCUT2D eigenvalue weighted by Gasteiger charge is 2.45. The number of nitrogens with zero attached hydrogens (tertiary/aromatic N) is 2. The molecule has 0 unspecified atom stereocenters. The number of imidazole rings is 1. The minimum absolute atomic E-state index is 0.241. The van der Waals surface area contributed by atoms with Crippen molar-refractivity contribution in [1.82, 2.24) is 9.55 Å². The van der Waals surface area contributed by atoms with E-state index in [1.54, 1.807) is 0 Å². The van der Waals surface area contributed by atoms with Crippen molar-refractivity contribution < 1.29 is 18.3 Å². The molecule has 0 aliphatic rings. The van der Waals surface area contributed by atoms with Gasteiger partial charge in [0, 0.05) is 19.4 Å². The van der Waals surface area contributed by atoms with Crippen LogP contribution in [0.3, 0.4) is 0 Å².